The van der Waals surface area contributed by atoms with Crippen molar-refractivity contribution in [2.75, 3.05) is 0 Å². The number of hydrogen-bond donors (Lipinski definition) is 1. The van der Waals surface area contributed by atoms with Crippen LogP contribution in [0.2, 0.25) is 5.02 Å². The maximum atomic E-state index is 12.7. The molecule has 4 rings (SSSR count). The Labute approximate surface area is 199 Å². The molecule has 1 N–H and O–H groups in total. The van der Waals surface area contributed by atoms with Gasteiger partial charge in [-0.05, 0) is 35.7 Å². The first kappa shape index (κ1) is 22.8. The van der Waals surface area contributed by atoms with Crippen molar-refractivity contribution >= 4 is 17.5 Å². The number of nitrogens with zero attached hydrogens (tertiary/aromatic N) is 2. The smallest absolute Gasteiger partial charge is 0.273 e. The fourth-order valence-corrected chi connectivity index (χ4v) is 3.89. The summed E-state index contributed by atoms with van der Waals surface area (Å²) in [5.41, 5.74) is 3.58. The first-order valence-corrected chi connectivity index (χ1v) is 11.3. The van der Waals surface area contributed by atoms with Crippen LogP contribution in [0.25, 0.3) is 0 Å². The highest BCUT2D eigenvalue weighted by Crippen LogP contribution is 2.18. The quantitative estimate of drug-likeness (QED) is 0.332. The average Bonchev–Trinajstić information content (AvgIpc) is 3.29. The van der Waals surface area contributed by atoms with Gasteiger partial charge in [0.15, 0.2) is 5.69 Å². The van der Waals surface area contributed by atoms with Crippen molar-refractivity contribution in [2.24, 2.45) is 0 Å². The molecule has 168 valence electrons. The third-order valence-electron chi connectivity index (χ3n) is 5.33. The molecule has 6 heteroatoms. The molecule has 1 amide bonds. The van der Waals surface area contributed by atoms with E-state index in [4.69, 9.17) is 16.0 Å². The van der Waals surface area contributed by atoms with Gasteiger partial charge in [0.05, 0.1) is 12.6 Å². The standard InChI is InChI=1S/C27H26ClN3O2/c1-20(23-12-6-3-7-13-23)29-27(32)25-19-33-26(30-25)18-31(16-21-9-4-2-5-10-21)17-22-11-8-14-24(28)15-22/h2-15,19-20H,16-18H2,1H3,(H,29,32)/t20-/m0/s1. The molecule has 0 saturated heterocycles. The summed E-state index contributed by atoms with van der Waals surface area (Å²) in [6.45, 7) is 3.79. The van der Waals surface area contributed by atoms with E-state index in [1.54, 1.807) is 0 Å². The number of carbonyl (C=O) groups excluding carboxylic acids is 1. The third kappa shape index (κ3) is 6.54. The van der Waals surface area contributed by atoms with Crippen LogP contribution in [0.4, 0.5) is 0 Å². The van der Waals surface area contributed by atoms with Crippen molar-refractivity contribution in [3.8, 4) is 0 Å². The molecule has 1 atom stereocenters. The molecule has 0 radical (unpaired) electrons. The summed E-state index contributed by atoms with van der Waals surface area (Å²) in [7, 11) is 0. The van der Waals surface area contributed by atoms with Crippen LogP contribution in [0.5, 0.6) is 0 Å². The number of nitrogens with one attached hydrogen (secondary N) is 1. The summed E-state index contributed by atoms with van der Waals surface area (Å²) in [5.74, 6) is 0.233. The van der Waals surface area contributed by atoms with Gasteiger partial charge in [-0.25, -0.2) is 4.98 Å². The normalized spacial score (nSPS) is 12.0. The topological polar surface area (TPSA) is 58.4 Å². The molecule has 0 bridgehead atoms. The Morgan fingerprint density at radius 2 is 1.61 bits per heavy atom. The zero-order valence-electron chi connectivity index (χ0n) is 18.4. The fourth-order valence-electron chi connectivity index (χ4n) is 3.68. The van der Waals surface area contributed by atoms with E-state index in [-0.39, 0.29) is 17.6 Å². The van der Waals surface area contributed by atoms with Gasteiger partial charge in [-0.3, -0.25) is 9.69 Å². The number of hydrogen-bond acceptors (Lipinski definition) is 4. The average molecular weight is 460 g/mol. The Morgan fingerprint density at radius 1 is 0.939 bits per heavy atom. The summed E-state index contributed by atoms with van der Waals surface area (Å²) in [4.78, 5) is 19.3. The molecule has 3 aromatic carbocycles. The van der Waals surface area contributed by atoms with Crippen LogP contribution in [-0.4, -0.2) is 15.8 Å². The molecule has 1 aromatic heterocycles. The summed E-state index contributed by atoms with van der Waals surface area (Å²) in [5, 5.41) is 3.68. The Balaban J connectivity index is 1.45. The Bertz CT molecular complexity index is 1180. The zero-order chi connectivity index (χ0) is 23.0. The van der Waals surface area contributed by atoms with Crippen LogP contribution in [0, 0.1) is 0 Å². The van der Waals surface area contributed by atoms with E-state index < -0.39 is 0 Å². The van der Waals surface area contributed by atoms with Gasteiger partial charge in [0.1, 0.15) is 6.26 Å². The molecule has 0 fully saturated rings. The number of halogens is 1. The lowest BCUT2D eigenvalue weighted by molar-refractivity contribution is 0.0934. The minimum Gasteiger partial charge on any atom is -0.447 e. The molecule has 1 heterocycles. The van der Waals surface area contributed by atoms with E-state index in [9.17, 15) is 4.79 Å². The molecule has 0 aliphatic rings. The van der Waals surface area contributed by atoms with Crippen molar-refractivity contribution in [3.63, 3.8) is 0 Å². The fraction of sp³-hybridized carbons (Fsp3) is 0.185. The van der Waals surface area contributed by atoms with Crippen molar-refractivity contribution in [2.45, 2.75) is 32.6 Å². The SMILES string of the molecule is C[C@H](NC(=O)c1coc(CN(Cc2ccccc2)Cc2cccc(Cl)c2)n1)c1ccccc1. The molecule has 4 aromatic rings. The van der Waals surface area contributed by atoms with E-state index in [2.05, 4.69) is 27.3 Å². The first-order chi connectivity index (χ1) is 16.1. The molecule has 0 spiro atoms. The lowest BCUT2D eigenvalue weighted by Crippen LogP contribution is -2.27. The van der Waals surface area contributed by atoms with Gasteiger partial charge in [0.2, 0.25) is 5.89 Å². The number of carbonyl (C=O) groups is 1. The largest absolute Gasteiger partial charge is 0.447 e. The second kappa shape index (κ2) is 10.9. The van der Waals surface area contributed by atoms with Gasteiger partial charge in [0.25, 0.3) is 5.91 Å². The molecule has 0 aliphatic heterocycles. The van der Waals surface area contributed by atoms with Crippen molar-refractivity contribution < 1.29 is 9.21 Å². The monoisotopic (exact) mass is 459 g/mol. The van der Waals surface area contributed by atoms with Gasteiger partial charge in [-0.1, -0.05) is 84.4 Å². The minimum atomic E-state index is -0.259. The summed E-state index contributed by atoms with van der Waals surface area (Å²) < 4.78 is 5.66. The maximum absolute atomic E-state index is 12.7. The van der Waals surface area contributed by atoms with Gasteiger partial charge in [-0.2, -0.15) is 0 Å². The molecule has 0 saturated carbocycles. The van der Waals surface area contributed by atoms with Crippen LogP contribution in [-0.2, 0) is 19.6 Å². The predicted molar refractivity (Wildman–Crippen MR) is 130 cm³/mol. The van der Waals surface area contributed by atoms with Crippen LogP contribution >= 0.6 is 11.6 Å². The third-order valence-corrected chi connectivity index (χ3v) is 5.57. The Kier molecular flexibility index (Phi) is 7.55. The van der Waals surface area contributed by atoms with Crippen molar-refractivity contribution in [3.05, 3.63) is 124 Å². The Hall–Kier alpha value is -3.41. The number of amides is 1. The van der Waals surface area contributed by atoms with Gasteiger partial charge in [-0.15, -0.1) is 0 Å². The van der Waals surface area contributed by atoms with E-state index in [1.807, 2.05) is 79.7 Å². The van der Waals surface area contributed by atoms with Crippen LogP contribution in [0.3, 0.4) is 0 Å². The van der Waals surface area contributed by atoms with E-state index in [0.717, 1.165) is 11.1 Å². The van der Waals surface area contributed by atoms with Crippen LogP contribution in [0.15, 0.2) is 95.6 Å². The van der Waals surface area contributed by atoms with Gasteiger partial charge >= 0.3 is 0 Å². The molecule has 33 heavy (non-hydrogen) atoms. The zero-order valence-corrected chi connectivity index (χ0v) is 19.2. The molecule has 0 aliphatic carbocycles. The Morgan fingerprint density at radius 3 is 2.33 bits per heavy atom. The van der Waals surface area contributed by atoms with E-state index in [0.29, 0.717) is 30.5 Å². The first-order valence-electron chi connectivity index (χ1n) is 10.9. The van der Waals surface area contributed by atoms with E-state index in [1.165, 1.54) is 11.8 Å². The van der Waals surface area contributed by atoms with Crippen LogP contribution < -0.4 is 5.32 Å². The molecule has 0 unspecified atom stereocenters. The second-order valence-corrected chi connectivity index (χ2v) is 8.43. The molecular formula is C27H26ClN3O2. The number of oxazole rings is 1. The van der Waals surface area contributed by atoms with Crippen LogP contribution in [0.1, 0.15) is 46.0 Å². The lowest BCUT2D eigenvalue weighted by atomic mass is 10.1. The van der Waals surface area contributed by atoms with Gasteiger partial charge in [0, 0.05) is 18.1 Å². The highest BCUT2D eigenvalue weighted by molar-refractivity contribution is 6.30. The minimum absolute atomic E-state index is 0.128. The van der Waals surface area contributed by atoms with Crippen molar-refractivity contribution in [1.82, 2.24) is 15.2 Å². The summed E-state index contributed by atoms with van der Waals surface area (Å²) >= 11 is 6.18. The highest BCUT2D eigenvalue weighted by Gasteiger charge is 2.18. The number of rotatable bonds is 9. The second-order valence-electron chi connectivity index (χ2n) is 7.99. The van der Waals surface area contributed by atoms with Gasteiger partial charge < -0.3 is 9.73 Å². The van der Waals surface area contributed by atoms with E-state index >= 15 is 0 Å². The predicted octanol–water partition coefficient (Wildman–Crippen LogP) is 6.02. The summed E-state index contributed by atoms with van der Waals surface area (Å²) in [6.07, 6.45) is 1.42. The van der Waals surface area contributed by atoms with Crippen molar-refractivity contribution in [1.29, 1.82) is 0 Å². The number of aromatic nitrogens is 1. The lowest BCUT2D eigenvalue weighted by Gasteiger charge is -2.21. The highest BCUT2D eigenvalue weighted by atomic mass is 35.5. The summed E-state index contributed by atoms with van der Waals surface area (Å²) in [6, 6.07) is 27.7. The molecule has 5 nitrogen and oxygen atoms in total. The number of benzene rings is 3. The molecular weight excluding hydrogens is 434 g/mol. The maximum Gasteiger partial charge on any atom is 0.273 e.